The molecule has 1 atom stereocenters. The molecule has 0 aromatic rings. The van der Waals surface area contributed by atoms with Gasteiger partial charge in [0.05, 0.1) is 7.11 Å². The number of ether oxygens (including phenoxy) is 2. The van der Waals surface area contributed by atoms with Gasteiger partial charge in [-0.1, -0.05) is 17.7 Å². The Kier molecular flexibility index (Phi) is 9.83. The summed E-state index contributed by atoms with van der Waals surface area (Å²) in [5.74, 6) is -1.69. The summed E-state index contributed by atoms with van der Waals surface area (Å²) in [6.45, 7) is 6.96. The Morgan fingerprint density at radius 1 is 1.00 bits per heavy atom. The molecular weight excluding hydrogens is 284 g/mol. The molecule has 0 aliphatic heterocycles. The van der Waals surface area contributed by atoms with E-state index >= 15 is 0 Å². The van der Waals surface area contributed by atoms with E-state index in [9.17, 15) is 14.4 Å². The second-order valence-corrected chi connectivity index (χ2v) is 5.34. The van der Waals surface area contributed by atoms with Gasteiger partial charge in [0.1, 0.15) is 18.3 Å². The lowest BCUT2D eigenvalue weighted by atomic mass is 9.99. The zero-order valence-electron chi connectivity index (χ0n) is 14.1. The number of allylic oxidation sites excluding steroid dienone is 3. The first-order chi connectivity index (χ1) is 10.3. The molecule has 1 unspecified atom stereocenters. The normalized spacial score (nSPS) is 13.5. The fourth-order valence-corrected chi connectivity index (χ4v) is 1.81. The predicted molar refractivity (Wildman–Crippen MR) is 84.2 cm³/mol. The quantitative estimate of drug-likeness (QED) is 0.372. The molecular formula is C17H26O5. The van der Waals surface area contributed by atoms with Crippen molar-refractivity contribution >= 4 is 17.7 Å². The van der Waals surface area contributed by atoms with Crippen LogP contribution in [0.2, 0.25) is 0 Å². The van der Waals surface area contributed by atoms with Gasteiger partial charge in [-0.3, -0.25) is 14.4 Å². The van der Waals surface area contributed by atoms with E-state index in [0.29, 0.717) is 13.0 Å². The van der Waals surface area contributed by atoms with Gasteiger partial charge in [0.2, 0.25) is 0 Å². The Bertz CT molecular complexity index is 460. The maximum absolute atomic E-state index is 11.5. The van der Waals surface area contributed by atoms with E-state index in [2.05, 4.69) is 4.74 Å². The van der Waals surface area contributed by atoms with E-state index in [-0.39, 0.29) is 11.8 Å². The van der Waals surface area contributed by atoms with Gasteiger partial charge in [-0.05, 0) is 45.6 Å². The third kappa shape index (κ3) is 9.10. The molecule has 0 radical (unpaired) electrons. The van der Waals surface area contributed by atoms with Crippen molar-refractivity contribution < 1.29 is 23.9 Å². The molecule has 5 nitrogen and oxygen atoms in total. The van der Waals surface area contributed by atoms with E-state index in [4.69, 9.17) is 4.74 Å². The highest BCUT2D eigenvalue weighted by molar-refractivity contribution is 5.97. The SMILES string of the molecule is COC(=O)C(CC=C(C)CCC=C(C)COC(C)=O)C(C)=O. The monoisotopic (exact) mass is 310 g/mol. The lowest BCUT2D eigenvalue weighted by Crippen LogP contribution is -2.22. The number of rotatable bonds is 9. The van der Waals surface area contributed by atoms with Crippen LogP contribution in [0.3, 0.4) is 0 Å². The zero-order valence-corrected chi connectivity index (χ0v) is 14.1. The number of hydrogen-bond acceptors (Lipinski definition) is 5. The van der Waals surface area contributed by atoms with Crippen LogP contribution in [0.1, 0.15) is 47.0 Å². The number of methoxy groups -OCH3 is 1. The van der Waals surface area contributed by atoms with Crippen LogP contribution < -0.4 is 0 Å². The maximum atomic E-state index is 11.5. The Labute approximate surface area is 132 Å². The molecule has 0 bridgehead atoms. The van der Waals surface area contributed by atoms with Crippen molar-refractivity contribution in [3.8, 4) is 0 Å². The molecule has 0 saturated heterocycles. The number of hydrogen-bond donors (Lipinski definition) is 0. The average Bonchev–Trinajstić information content (AvgIpc) is 2.44. The van der Waals surface area contributed by atoms with Crippen LogP contribution in [-0.2, 0) is 23.9 Å². The van der Waals surface area contributed by atoms with Crippen molar-refractivity contribution in [3.63, 3.8) is 0 Å². The number of carbonyl (C=O) groups excluding carboxylic acids is 3. The first kappa shape index (κ1) is 20.1. The Morgan fingerprint density at radius 3 is 2.14 bits per heavy atom. The van der Waals surface area contributed by atoms with Crippen LogP contribution in [0.4, 0.5) is 0 Å². The molecule has 0 spiro atoms. The first-order valence-corrected chi connectivity index (χ1v) is 7.30. The summed E-state index contributed by atoms with van der Waals surface area (Å²) in [6, 6.07) is 0. The smallest absolute Gasteiger partial charge is 0.316 e. The number of carbonyl (C=O) groups is 3. The second-order valence-electron chi connectivity index (χ2n) is 5.34. The van der Waals surface area contributed by atoms with Gasteiger partial charge in [0.15, 0.2) is 0 Å². The van der Waals surface area contributed by atoms with Crippen LogP contribution in [-0.4, -0.2) is 31.4 Å². The molecule has 0 saturated carbocycles. The van der Waals surface area contributed by atoms with E-state index in [0.717, 1.165) is 24.0 Å². The zero-order chi connectivity index (χ0) is 17.1. The molecule has 0 amide bonds. The minimum Gasteiger partial charge on any atom is -0.468 e. The van der Waals surface area contributed by atoms with E-state index < -0.39 is 11.9 Å². The van der Waals surface area contributed by atoms with Crippen molar-refractivity contribution in [2.24, 2.45) is 5.92 Å². The standard InChI is InChI=1S/C17H26O5/c1-12(7-6-8-13(2)11-22-15(4)19)9-10-16(14(3)18)17(20)21-5/h8-9,16H,6-7,10-11H2,1-5H3. The van der Waals surface area contributed by atoms with Crippen LogP contribution in [0, 0.1) is 5.92 Å². The minimum atomic E-state index is -0.721. The van der Waals surface area contributed by atoms with Crippen molar-refractivity contribution in [1.82, 2.24) is 0 Å². The highest BCUT2D eigenvalue weighted by Crippen LogP contribution is 2.13. The van der Waals surface area contributed by atoms with E-state index in [1.807, 2.05) is 26.0 Å². The van der Waals surface area contributed by atoms with Gasteiger partial charge in [-0.15, -0.1) is 0 Å². The molecule has 0 aliphatic rings. The lowest BCUT2D eigenvalue weighted by molar-refractivity contribution is -0.148. The van der Waals surface area contributed by atoms with E-state index in [1.54, 1.807) is 0 Å². The molecule has 0 heterocycles. The Hall–Kier alpha value is -1.91. The third-order valence-corrected chi connectivity index (χ3v) is 3.21. The van der Waals surface area contributed by atoms with Gasteiger partial charge in [-0.2, -0.15) is 0 Å². The van der Waals surface area contributed by atoms with Crippen molar-refractivity contribution in [3.05, 3.63) is 23.3 Å². The molecule has 0 fully saturated rings. The summed E-state index contributed by atoms with van der Waals surface area (Å²) in [5.41, 5.74) is 2.10. The van der Waals surface area contributed by atoms with Crippen LogP contribution in [0.5, 0.6) is 0 Å². The summed E-state index contributed by atoms with van der Waals surface area (Å²) in [7, 11) is 1.28. The van der Waals surface area contributed by atoms with Gasteiger partial charge in [0.25, 0.3) is 0 Å². The summed E-state index contributed by atoms with van der Waals surface area (Å²) in [5, 5.41) is 0. The Balaban J connectivity index is 4.33. The number of esters is 2. The van der Waals surface area contributed by atoms with Crippen LogP contribution in [0.15, 0.2) is 23.3 Å². The van der Waals surface area contributed by atoms with Crippen molar-refractivity contribution in [2.45, 2.75) is 47.0 Å². The Morgan fingerprint density at radius 2 is 1.64 bits per heavy atom. The molecule has 124 valence electrons. The van der Waals surface area contributed by atoms with Crippen molar-refractivity contribution in [1.29, 1.82) is 0 Å². The van der Waals surface area contributed by atoms with Gasteiger partial charge >= 0.3 is 11.9 Å². The van der Waals surface area contributed by atoms with Crippen LogP contribution >= 0.6 is 0 Å². The van der Waals surface area contributed by atoms with Gasteiger partial charge < -0.3 is 9.47 Å². The first-order valence-electron chi connectivity index (χ1n) is 7.30. The maximum Gasteiger partial charge on any atom is 0.316 e. The molecule has 5 heteroatoms. The van der Waals surface area contributed by atoms with Crippen LogP contribution in [0.25, 0.3) is 0 Å². The summed E-state index contributed by atoms with van der Waals surface area (Å²) >= 11 is 0. The van der Waals surface area contributed by atoms with E-state index in [1.165, 1.54) is 21.0 Å². The largest absolute Gasteiger partial charge is 0.468 e. The summed E-state index contributed by atoms with van der Waals surface area (Å²) in [6.07, 6.45) is 5.92. The average molecular weight is 310 g/mol. The molecule has 0 N–H and O–H groups in total. The third-order valence-electron chi connectivity index (χ3n) is 3.21. The van der Waals surface area contributed by atoms with Gasteiger partial charge in [-0.25, -0.2) is 0 Å². The highest BCUT2D eigenvalue weighted by atomic mass is 16.5. The summed E-state index contributed by atoms with van der Waals surface area (Å²) in [4.78, 5) is 33.6. The fraction of sp³-hybridized carbons (Fsp3) is 0.588. The topological polar surface area (TPSA) is 69.7 Å². The molecule has 22 heavy (non-hydrogen) atoms. The number of Topliss-reactive ketones (excluding diaryl/α,β-unsaturated/α-hetero) is 1. The number of ketones is 1. The second kappa shape index (κ2) is 10.8. The minimum absolute atomic E-state index is 0.187. The molecule has 0 aromatic carbocycles. The summed E-state index contributed by atoms with van der Waals surface area (Å²) < 4.78 is 9.52. The predicted octanol–water partition coefficient (Wildman–Crippen LogP) is 2.99. The molecule has 0 rings (SSSR count). The highest BCUT2D eigenvalue weighted by Gasteiger charge is 2.22. The molecule has 0 aliphatic carbocycles. The lowest BCUT2D eigenvalue weighted by Gasteiger charge is -2.09. The van der Waals surface area contributed by atoms with Crippen molar-refractivity contribution in [2.75, 3.05) is 13.7 Å². The molecule has 0 aromatic heterocycles. The fourth-order valence-electron chi connectivity index (χ4n) is 1.81. The van der Waals surface area contributed by atoms with Gasteiger partial charge in [0, 0.05) is 6.92 Å².